The van der Waals surface area contributed by atoms with Crippen molar-refractivity contribution in [3.05, 3.63) is 48.3 Å². The van der Waals surface area contributed by atoms with Crippen LogP contribution in [0.5, 0.6) is 5.75 Å². The van der Waals surface area contributed by atoms with E-state index < -0.39 is 0 Å². The summed E-state index contributed by atoms with van der Waals surface area (Å²) in [5, 5.41) is 0. The van der Waals surface area contributed by atoms with Crippen LogP contribution < -0.4 is 9.64 Å². The molecule has 2 aliphatic rings. The zero-order chi connectivity index (χ0) is 17.1. The Morgan fingerprint density at radius 2 is 1.84 bits per heavy atom. The number of rotatable bonds is 4. The monoisotopic (exact) mass is 338 g/mol. The molecule has 3 heterocycles. The number of nitrogens with zero attached hydrogens (tertiary/aromatic N) is 4. The first-order valence-electron chi connectivity index (χ1n) is 9.14. The molecule has 2 aliphatic heterocycles. The van der Waals surface area contributed by atoms with Crippen molar-refractivity contribution in [3.63, 3.8) is 0 Å². The van der Waals surface area contributed by atoms with Crippen LogP contribution in [-0.4, -0.2) is 48.2 Å². The Bertz CT molecular complexity index is 691. The van der Waals surface area contributed by atoms with Gasteiger partial charge in [-0.1, -0.05) is 12.1 Å². The molecule has 0 bridgehead atoms. The Morgan fingerprint density at radius 3 is 2.60 bits per heavy atom. The van der Waals surface area contributed by atoms with Gasteiger partial charge in [-0.25, -0.2) is 9.97 Å². The Morgan fingerprint density at radius 1 is 1.04 bits per heavy atom. The van der Waals surface area contributed by atoms with Crippen LogP contribution in [0.4, 0.5) is 5.95 Å². The Labute approximate surface area is 149 Å². The third kappa shape index (κ3) is 3.61. The van der Waals surface area contributed by atoms with Crippen molar-refractivity contribution in [2.75, 3.05) is 38.2 Å². The number of methoxy groups -OCH3 is 1. The van der Waals surface area contributed by atoms with Gasteiger partial charge in [0.1, 0.15) is 5.75 Å². The molecule has 1 aromatic heterocycles. The molecule has 0 radical (unpaired) electrons. The molecule has 1 aromatic carbocycles. The highest BCUT2D eigenvalue weighted by molar-refractivity contribution is 5.31. The predicted octanol–water partition coefficient (Wildman–Crippen LogP) is 2.98. The van der Waals surface area contributed by atoms with Gasteiger partial charge in [0.2, 0.25) is 5.95 Å². The molecule has 1 spiro atoms. The van der Waals surface area contributed by atoms with E-state index in [1.165, 1.54) is 37.9 Å². The van der Waals surface area contributed by atoms with Gasteiger partial charge in [-0.2, -0.15) is 0 Å². The van der Waals surface area contributed by atoms with Crippen LogP contribution in [0.15, 0.2) is 42.7 Å². The van der Waals surface area contributed by atoms with Gasteiger partial charge < -0.3 is 9.64 Å². The molecular weight excluding hydrogens is 312 g/mol. The summed E-state index contributed by atoms with van der Waals surface area (Å²) in [6.07, 6.45) is 7.50. The van der Waals surface area contributed by atoms with Gasteiger partial charge in [0.05, 0.1) is 7.11 Å². The molecule has 25 heavy (non-hydrogen) atoms. The summed E-state index contributed by atoms with van der Waals surface area (Å²) in [5.74, 6) is 1.81. The maximum Gasteiger partial charge on any atom is 0.225 e. The lowest BCUT2D eigenvalue weighted by Crippen LogP contribution is -2.45. The summed E-state index contributed by atoms with van der Waals surface area (Å²) >= 11 is 0. The first-order chi connectivity index (χ1) is 12.3. The second-order valence-corrected chi connectivity index (χ2v) is 7.38. The molecule has 2 aromatic rings. The Kier molecular flexibility index (Phi) is 4.57. The molecule has 0 unspecified atom stereocenters. The average molecular weight is 338 g/mol. The van der Waals surface area contributed by atoms with Gasteiger partial charge in [0.25, 0.3) is 0 Å². The van der Waals surface area contributed by atoms with E-state index in [0.29, 0.717) is 5.41 Å². The van der Waals surface area contributed by atoms with Crippen molar-refractivity contribution in [3.8, 4) is 5.75 Å². The van der Waals surface area contributed by atoms with E-state index in [-0.39, 0.29) is 0 Å². The van der Waals surface area contributed by atoms with E-state index in [9.17, 15) is 0 Å². The van der Waals surface area contributed by atoms with Crippen molar-refractivity contribution in [1.29, 1.82) is 0 Å². The molecule has 5 nitrogen and oxygen atoms in total. The molecule has 0 amide bonds. The smallest absolute Gasteiger partial charge is 0.225 e. The number of aromatic nitrogens is 2. The molecule has 4 rings (SSSR count). The second-order valence-electron chi connectivity index (χ2n) is 7.38. The normalized spacial score (nSPS) is 24.0. The summed E-state index contributed by atoms with van der Waals surface area (Å²) in [6.45, 7) is 5.52. The highest BCUT2D eigenvalue weighted by atomic mass is 16.5. The summed E-state index contributed by atoms with van der Waals surface area (Å²) in [5.41, 5.74) is 1.75. The number of ether oxygens (including phenoxy) is 1. The zero-order valence-corrected chi connectivity index (χ0v) is 14.9. The lowest BCUT2D eigenvalue weighted by Gasteiger charge is -2.40. The van der Waals surface area contributed by atoms with E-state index >= 15 is 0 Å². The van der Waals surface area contributed by atoms with Crippen LogP contribution in [0.1, 0.15) is 24.8 Å². The quantitative estimate of drug-likeness (QED) is 0.857. The molecular formula is C20H26N4O. The predicted molar refractivity (Wildman–Crippen MR) is 98.8 cm³/mol. The molecule has 2 fully saturated rings. The highest BCUT2D eigenvalue weighted by Gasteiger charge is 2.41. The fraction of sp³-hybridized carbons (Fsp3) is 0.500. The number of likely N-dealkylation sites (tertiary alicyclic amines) is 1. The van der Waals surface area contributed by atoms with E-state index in [0.717, 1.165) is 31.3 Å². The summed E-state index contributed by atoms with van der Waals surface area (Å²) in [7, 11) is 1.71. The number of hydrogen-bond donors (Lipinski definition) is 0. The fourth-order valence-corrected chi connectivity index (χ4v) is 4.32. The van der Waals surface area contributed by atoms with Crippen LogP contribution >= 0.6 is 0 Å². The number of anilines is 1. The van der Waals surface area contributed by atoms with Crippen molar-refractivity contribution in [2.45, 2.75) is 25.8 Å². The minimum atomic E-state index is 0.393. The minimum absolute atomic E-state index is 0.393. The maximum atomic E-state index is 5.25. The number of benzene rings is 1. The van der Waals surface area contributed by atoms with E-state index in [1.807, 2.05) is 18.5 Å². The van der Waals surface area contributed by atoms with Crippen molar-refractivity contribution in [1.82, 2.24) is 14.9 Å². The molecule has 0 saturated carbocycles. The van der Waals surface area contributed by atoms with Crippen molar-refractivity contribution >= 4 is 5.95 Å². The lowest BCUT2D eigenvalue weighted by atomic mass is 9.79. The third-order valence-electron chi connectivity index (χ3n) is 5.58. The van der Waals surface area contributed by atoms with E-state index in [4.69, 9.17) is 4.74 Å². The van der Waals surface area contributed by atoms with Crippen LogP contribution in [0, 0.1) is 5.41 Å². The van der Waals surface area contributed by atoms with Gasteiger partial charge in [-0.15, -0.1) is 0 Å². The molecule has 5 heteroatoms. The lowest BCUT2D eigenvalue weighted by molar-refractivity contribution is 0.215. The van der Waals surface area contributed by atoms with Crippen molar-refractivity contribution in [2.24, 2.45) is 5.41 Å². The Hall–Kier alpha value is -2.14. The fourth-order valence-electron chi connectivity index (χ4n) is 4.32. The van der Waals surface area contributed by atoms with Gasteiger partial charge in [-0.3, -0.25) is 4.90 Å². The van der Waals surface area contributed by atoms with Gasteiger partial charge >= 0.3 is 0 Å². The van der Waals surface area contributed by atoms with Crippen LogP contribution in [0.2, 0.25) is 0 Å². The van der Waals surface area contributed by atoms with Crippen LogP contribution in [0.3, 0.4) is 0 Å². The largest absolute Gasteiger partial charge is 0.497 e. The summed E-state index contributed by atoms with van der Waals surface area (Å²) in [6, 6.07) is 10.3. The van der Waals surface area contributed by atoms with E-state index in [1.54, 1.807) is 7.11 Å². The maximum absolute atomic E-state index is 5.25. The standard InChI is InChI=1S/C20H26N4O/c1-25-18-6-4-17(5-7-18)14-23-13-9-20(15-23)8-2-12-24(16-20)19-21-10-3-11-22-19/h3-7,10-11H,2,8-9,12-16H2,1H3/t20-/m0/s1. The van der Waals surface area contributed by atoms with E-state index in [2.05, 4.69) is 44.0 Å². The topological polar surface area (TPSA) is 41.5 Å². The van der Waals surface area contributed by atoms with Gasteiger partial charge in [0, 0.05) is 44.0 Å². The third-order valence-corrected chi connectivity index (χ3v) is 5.58. The highest BCUT2D eigenvalue weighted by Crippen LogP contribution is 2.40. The molecule has 1 atom stereocenters. The van der Waals surface area contributed by atoms with Gasteiger partial charge in [0.15, 0.2) is 0 Å². The minimum Gasteiger partial charge on any atom is -0.497 e. The summed E-state index contributed by atoms with van der Waals surface area (Å²) in [4.78, 5) is 13.9. The molecule has 0 N–H and O–H groups in total. The molecule has 132 valence electrons. The first kappa shape index (κ1) is 16.3. The first-order valence-corrected chi connectivity index (χ1v) is 9.14. The average Bonchev–Trinajstić information content (AvgIpc) is 3.05. The summed E-state index contributed by atoms with van der Waals surface area (Å²) < 4.78 is 5.25. The number of piperidine rings is 1. The number of hydrogen-bond acceptors (Lipinski definition) is 5. The molecule has 2 saturated heterocycles. The zero-order valence-electron chi connectivity index (χ0n) is 14.9. The van der Waals surface area contributed by atoms with Crippen LogP contribution in [0.25, 0.3) is 0 Å². The SMILES string of the molecule is COc1ccc(CN2CC[C@@]3(CCCN(c4ncccn4)C3)C2)cc1. The second kappa shape index (κ2) is 7.00. The molecule has 0 aliphatic carbocycles. The van der Waals surface area contributed by atoms with Crippen LogP contribution in [-0.2, 0) is 6.54 Å². The Balaban J connectivity index is 1.40. The van der Waals surface area contributed by atoms with Gasteiger partial charge in [-0.05, 0) is 49.6 Å². The van der Waals surface area contributed by atoms with Crippen molar-refractivity contribution < 1.29 is 4.74 Å².